The molecule has 0 radical (unpaired) electrons. The van der Waals surface area contributed by atoms with Crippen molar-refractivity contribution in [3.63, 3.8) is 0 Å². The maximum atomic E-state index is 12.1. The van der Waals surface area contributed by atoms with E-state index in [2.05, 4.69) is 15.2 Å². The normalized spacial score (nSPS) is 19.4. The van der Waals surface area contributed by atoms with Gasteiger partial charge in [-0.25, -0.2) is 4.98 Å². The summed E-state index contributed by atoms with van der Waals surface area (Å²) in [6.07, 6.45) is 6.37. The maximum absolute atomic E-state index is 12.1. The first-order valence-electron chi connectivity index (χ1n) is 6.56. The van der Waals surface area contributed by atoms with Crippen LogP contribution in [0.3, 0.4) is 0 Å². The van der Waals surface area contributed by atoms with Gasteiger partial charge >= 0.3 is 0 Å². The number of aromatic nitrogens is 3. The molecular formula is C12H20N4O2. The quantitative estimate of drug-likeness (QED) is 0.772. The van der Waals surface area contributed by atoms with Crippen LogP contribution >= 0.6 is 0 Å². The largest absolute Gasteiger partial charge is 0.396 e. The first kappa shape index (κ1) is 13.0. The molecule has 1 atom stereocenters. The molecule has 2 heterocycles. The molecule has 1 amide bonds. The summed E-state index contributed by atoms with van der Waals surface area (Å²) in [4.78, 5) is 18.1. The van der Waals surface area contributed by atoms with E-state index in [9.17, 15) is 4.79 Å². The van der Waals surface area contributed by atoms with E-state index in [-0.39, 0.29) is 12.5 Å². The van der Waals surface area contributed by atoms with Crippen LogP contribution in [-0.2, 0) is 11.2 Å². The van der Waals surface area contributed by atoms with Crippen molar-refractivity contribution in [1.29, 1.82) is 0 Å². The summed E-state index contributed by atoms with van der Waals surface area (Å²) in [5.74, 6) is 0.946. The number of H-pyrrole nitrogens is 1. The molecule has 2 N–H and O–H groups in total. The van der Waals surface area contributed by atoms with Crippen molar-refractivity contribution in [2.75, 3.05) is 13.2 Å². The molecule has 0 saturated carbocycles. The third kappa shape index (κ3) is 3.29. The molecule has 6 heteroatoms. The summed E-state index contributed by atoms with van der Waals surface area (Å²) in [7, 11) is 0. The van der Waals surface area contributed by atoms with Gasteiger partial charge in [0, 0.05) is 32.0 Å². The minimum atomic E-state index is 0.187. The lowest BCUT2D eigenvalue weighted by atomic mass is 10.1. The Balaban J connectivity index is 1.80. The van der Waals surface area contributed by atoms with Crippen molar-refractivity contribution in [3.8, 4) is 0 Å². The van der Waals surface area contributed by atoms with Crippen LogP contribution in [0.4, 0.5) is 0 Å². The second-order valence-electron chi connectivity index (χ2n) is 4.68. The van der Waals surface area contributed by atoms with Crippen LogP contribution in [-0.4, -0.2) is 50.3 Å². The number of aromatic amines is 1. The number of rotatable bonds is 6. The number of carbonyl (C=O) groups is 1. The smallest absolute Gasteiger partial charge is 0.223 e. The molecule has 1 aromatic rings. The molecular weight excluding hydrogens is 232 g/mol. The van der Waals surface area contributed by atoms with Gasteiger partial charge in [0.1, 0.15) is 12.2 Å². The summed E-state index contributed by atoms with van der Waals surface area (Å²) >= 11 is 0. The lowest BCUT2D eigenvalue weighted by Gasteiger charge is -2.24. The fourth-order valence-electron chi connectivity index (χ4n) is 2.51. The predicted molar refractivity (Wildman–Crippen MR) is 65.8 cm³/mol. The molecule has 0 aromatic carbocycles. The number of hydrogen-bond donors (Lipinski definition) is 2. The van der Waals surface area contributed by atoms with Crippen LogP contribution in [0.15, 0.2) is 6.33 Å². The van der Waals surface area contributed by atoms with Gasteiger partial charge in [-0.3, -0.25) is 9.89 Å². The fourth-order valence-corrected chi connectivity index (χ4v) is 2.51. The van der Waals surface area contributed by atoms with Gasteiger partial charge in [0.2, 0.25) is 5.91 Å². The van der Waals surface area contributed by atoms with E-state index >= 15 is 0 Å². The van der Waals surface area contributed by atoms with Crippen molar-refractivity contribution in [3.05, 3.63) is 12.2 Å². The minimum Gasteiger partial charge on any atom is -0.396 e. The van der Waals surface area contributed by atoms with Gasteiger partial charge in [0.05, 0.1) is 0 Å². The zero-order valence-corrected chi connectivity index (χ0v) is 10.5. The van der Waals surface area contributed by atoms with E-state index in [1.165, 1.54) is 6.33 Å². The van der Waals surface area contributed by atoms with Crippen LogP contribution in [0.5, 0.6) is 0 Å². The molecule has 1 aromatic heterocycles. The average Bonchev–Trinajstić information content (AvgIpc) is 3.04. The van der Waals surface area contributed by atoms with E-state index in [0.717, 1.165) is 38.1 Å². The molecule has 0 spiro atoms. The van der Waals surface area contributed by atoms with Crippen LogP contribution in [0.1, 0.15) is 37.9 Å². The van der Waals surface area contributed by atoms with Crippen molar-refractivity contribution in [2.45, 2.75) is 44.6 Å². The molecule has 18 heavy (non-hydrogen) atoms. The van der Waals surface area contributed by atoms with E-state index in [1.807, 2.05) is 4.90 Å². The molecule has 0 aliphatic carbocycles. The number of aliphatic hydroxyl groups is 1. The molecule has 1 fully saturated rings. The highest BCUT2D eigenvalue weighted by Gasteiger charge is 2.27. The lowest BCUT2D eigenvalue weighted by molar-refractivity contribution is -0.132. The number of carbonyl (C=O) groups excluding carboxylic acids is 1. The Morgan fingerprint density at radius 1 is 1.61 bits per heavy atom. The summed E-state index contributed by atoms with van der Waals surface area (Å²) < 4.78 is 0. The second kappa shape index (κ2) is 6.49. The zero-order chi connectivity index (χ0) is 12.8. The van der Waals surface area contributed by atoms with Gasteiger partial charge in [-0.15, -0.1) is 0 Å². The third-order valence-electron chi connectivity index (χ3n) is 3.43. The number of nitrogens with one attached hydrogen (secondary N) is 1. The van der Waals surface area contributed by atoms with E-state index < -0.39 is 0 Å². The molecule has 2 rings (SSSR count). The standard InChI is InChI=1S/C12H20N4O2/c17-8-2-4-10-3-1-7-16(10)12(18)6-5-11-13-9-14-15-11/h9-10,17H,1-8H2,(H,13,14,15). The van der Waals surface area contributed by atoms with Crippen molar-refractivity contribution in [1.82, 2.24) is 20.1 Å². The van der Waals surface area contributed by atoms with E-state index in [1.54, 1.807) is 0 Å². The van der Waals surface area contributed by atoms with Gasteiger partial charge in [-0.2, -0.15) is 5.10 Å². The van der Waals surface area contributed by atoms with Crippen LogP contribution < -0.4 is 0 Å². The zero-order valence-electron chi connectivity index (χ0n) is 10.5. The summed E-state index contributed by atoms with van der Waals surface area (Å²) in [5.41, 5.74) is 0. The summed E-state index contributed by atoms with van der Waals surface area (Å²) in [5, 5.41) is 15.4. The Morgan fingerprint density at radius 3 is 3.22 bits per heavy atom. The first-order chi connectivity index (χ1) is 8.81. The molecule has 1 unspecified atom stereocenters. The molecule has 1 aliphatic rings. The highest BCUT2D eigenvalue weighted by Crippen LogP contribution is 2.22. The van der Waals surface area contributed by atoms with Gasteiger partial charge in [0.25, 0.3) is 0 Å². The first-order valence-corrected chi connectivity index (χ1v) is 6.56. The van der Waals surface area contributed by atoms with Gasteiger partial charge in [-0.05, 0) is 25.7 Å². The van der Waals surface area contributed by atoms with E-state index in [4.69, 9.17) is 5.11 Å². The van der Waals surface area contributed by atoms with Gasteiger partial charge in [-0.1, -0.05) is 0 Å². The van der Waals surface area contributed by atoms with E-state index in [0.29, 0.717) is 18.9 Å². The maximum Gasteiger partial charge on any atom is 0.223 e. The number of aryl methyl sites for hydroxylation is 1. The van der Waals surface area contributed by atoms with Gasteiger partial charge < -0.3 is 10.0 Å². The molecule has 0 bridgehead atoms. The van der Waals surface area contributed by atoms with Crippen LogP contribution in [0, 0.1) is 0 Å². The number of likely N-dealkylation sites (tertiary alicyclic amines) is 1. The number of hydrogen-bond acceptors (Lipinski definition) is 4. The molecule has 6 nitrogen and oxygen atoms in total. The Morgan fingerprint density at radius 2 is 2.50 bits per heavy atom. The lowest BCUT2D eigenvalue weighted by Crippen LogP contribution is -2.35. The summed E-state index contributed by atoms with van der Waals surface area (Å²) in [6.45, 7) is 1.06. The van der Waals surface area contributed by atoms with Crippen LogP contribution in [0.2, 0.25) is 0 Å². The SMILES string of the molecule is O=C(CCc1ncn[nH]1)N1CCCC1CCCO. The topological polar surface area (TPSA) is 82.1 Å². The molecule has 1 saturated heterocycles. The number of nitrogens with zero attached hydrogens (tertiary/aromatic N) is 3. The highest BCUT2D eigenvalue weighted by atomic mass is 16.3. The molecule has 100 valence electrons. The number of aliphatic hydroxyl groups excluding tert-OH is 1. The monoisotopic (exact) mass is 252 g/mol. The minimum absolute atomic E-state index is 0.187. The second-order valence-corrected chi connectivity index (χ2v) is 4.68. The van der Waals surface area contributed by atoms with Crippen molar-refractivity contribution >= 4 is 5.91 Å². The highest BCUT2D eigenvalue weighted by molar-refractivity contribution is 5.77. The van der Waals surface area contributed by atoms with Crippen LogP contribution in [0.25, 0.3) is 0 Å². The Labute approximate surface area is 106 Å². The molecule has 1 aliphatic heterocycles. The Kier molecular flexibility index (Phi) is 4.69. The van der Waals surface area contributed by atoms with Crippen molar-refractivity contribution < 1.29 is 9.90 Å². The number of amides is 1. The fraction of sp³-hybridized carbons (Fsp3) is 0.750. The Bertz CT molecular complexity index is 366. The predicted octanol–water partition coefficient (Wildman–Crippen LogP) is 0.501. The van der Waals surface area contributed by atoms with Gasteiger partial charge in [0.15, 0.2) is 0 Å². The van der Waals surface area contributed by atoms with Crippen molar-refractivity contribution in [2.24, 2.45) is 0 Å². The third-order valence-corrected chi connectivity index (χ3v) is 3.43. The Hall–Kier alpha value is -1.43. The average molecular weight is 252 g/mol. The summed E-state index contributed by atoms with van der Waals surface area (Å²) in [6, 6.07) is 0.319.